The van der Waals surface area contributed by atoms with E-state index >= 15 is 0 Å². The van der Waals surface area contributed by atoms with Gasteiger partial charge in [-0.3, -0.25) is 10.1 Å². The van der Waals surface area contributed by atoms with Crippen molar-refractivity contribution in [3.63, 3.8) is 0 Å². The molecule has 0 aromatic rings. The lowest BCUT2D eigenvalue weighted by molar-refractivity contribution is -0.145. The number of hydrogen-bond donors (Lipinski definition) is 2. The number of amides is 1. The Labute approximate surface area is 101 Å². The molecule has 0 radical (unpaired) electrons. The van der Waals surface area contributed by atoms with Crippen LogP contribution in [0.15, 0.2) is 0 Å². The molecule has 1 amide bonds. The molecule has 0 aromatic heterocycles. The lowest BCUT2D eigenvalue weighted by Crippen LogP contribution is -2.64. The van der Waals surface area contributed by atoms with Crippen molar-refractivity contribution in [1.82, 2.24) is 10.2 Å². The molecule has 1 saturated heterocycles. The zero-order valence-corrected chi connectivity index (χ0v) is 10.7. The second-order valence-electron chi connectivity index (χ2n) is 5.47. The number of carbonyl (C=O) groups is 2. The summed E-state index contributed by atoms with van der Waals surface area (Å²) in [6.45, 7) is 7.92. The van der Waals surface area contributed by atoms with Crippen LogP contribution in [0.5, 0.6) is 0 Å². The highest BCUT2D eigenvalue weighted by molar-refractivity contribution is 5.80. The quantitative estimate of drug-likeness (QED) is 0.708. The first-order valence-electron chi connectivity index (χ1n) is 5.60. The summed E-state index contributed by atoms with van der Waals surface area (Å²) in [5.41, 5.74) is -1.67. The predicted octanol–water partition coefficient (Wildman–Crippen LogP) is 0.670. The Bertz CT molecular complexity index is 324. The number of rotatable bonds is 1. The molecule has 0 aliphatic carbocycles. The highest BCUT2D eigenvalue weighted by Gasteiger charge is 2.40. The highest BCUT2D eigenvalue weighted by Crippen LogP contribution is 2.15. The van der Waals surface area contributed by atoms with Crippen LogP contribution >= 0.6 is 0 Å². The standard InChI is InChI=1S/C11H20N2O4/c1-10(2,3)17-9(16)13-6-5-12-11(4,7-13)8(14)15/h12H,5-7H2,1-4H3,(H,14,15)/t11-/m0/s1. The van der Waals surface area contributed by atoms with Gasteiger partial charge in [0.25, 0.3) is 0 Å². The van der Waals surface area contributed by atoms with Crippen LogP contribution in [0.2, 0.25) is 0 Å². The molecule has 1 atom stereocenters. The number of nitrogens with zero attached hydrogens (tertiary/aromatic N) is 1. The van der Waals surface area contributed by atoms with E-state index < -0.39 is 23.2 Å². The van der Waals surface area contributed by atoms with Crippen molar-refractivity contribution in [3.8, 4) is 0 Å². The third-order valence-electron chi connectivity index (χ3n) is 2.53. The van der Waals surface area contributed by atoms with E-state index in [1.54, 1.807) is 27.7 Å². The van der Waals surface area contributed by atoms with Gasteiger partial charge in [0.2, 0.25) is 0 Å². The predicted molar refractivity (Wildman–Crippen MR) is 61.9 cm³/mol. The van der Waals surface area contributed by atoms with Crippen LogP contribution in [0, 0.1) is 0 Å². The molecule has 1 heterocycles. The van der Waals surface area contributed by atoms with Gasteiger partial charge in [0.1, 0.15) is 11.1 Å². The number of carbonyl (C=O) groups excluding carboxylic acids is 1. The minimum Gasteiger partial charge on any atom is -0.480 e. The smallest absolute Gasteiger partial charge is 0.410 e. The average molecular weight is 244 g/mol. The van der Waals surface area contributed by atoms with Crippen LogP contribution in [0.4, 0.5) is 4.79 Å². The molecule has 1 aliphatic rings. The van der Waals surface area contributed by atoms with E-state index in [0.717, 1.165) is 0 Å². The van der Waals surface area contributed by atoms with Gasteiger partial charge in [-0.2, -0.15) is 0 Å². The van der Waals surface area contributed by atoms with E-state index in [-0.39, 0.29) is 6.54 Å². The first kappa shape index (κ1) is 13.8. The zero-order valence-electron chi connectivity index (χ0n) is 10.7. The van der Waals surface area contributed by atoms with Gasteiger partial charge in [-0.25, -0.2) is 4.79 Å². The zero-order chi connectivity index (χ0) is 13.3. The van der Waals surface area contributed by atoms with Crippen molar-refractivity contribution in [2.24, 2.45) is 0 Å². The minimum absolute atomic E-state index is 0.108. The van der Waals surface area contributed by atoms with E-state index in [9.17, 15) is 9.59 Å². The third-order valence-corrected chi connectivity index (χ3v) is 2.53. The van der Waals surface area contributed by atoms with Crippen LogP contribution in [-0.2, 0) is 9.53 Å². The first-order valence-corrected chi connectivity index (χ1v) is 5.60. The van der Waals surface area contributed by atoms with Crippen molar-refractivity contribution < 1.29 is 19.4 Å². The lowest BCUT2D eigenvalue weighted by atomic mass is 10.00. The van der Waals surface area contributed by atoms with Gasteiger partial charge < -0.3 is 14.7 Å². The highest BCUT2D eigenvalue weighted by atomic mass is 16.6. The molecule has 6 nitrogen and oxygen atoms in total. The Kier molecular flexibility index (Phi) is 3.66. The summed E-state index contributed by atoms with van der Waals surface area (Å²) >= 11 is 0. The average Bonchev–Trinajstić information content (AvgIpc) is 2.15. The molecule has 1 rings (SSSR count). The number of piperazine rings is 1. The van der Waals surface area contributed by atoms with Crippen LogP contribution in [0.1, 0.15) is 27.7 Å². The van der Waals surface area contributed by atoms with E-state index in [1.165, 1.54) is 4.90 Å². The molecule has 0 saturated carbocycles. The van der Waals surface area contributed by atoms with Crippen molar-refractivity contribution in [1.29, 1.82) is 0 Å². The van der Waals surface area contributed by atoms with E-state index in [1.807, 2.05) is 0 Å². The van der Waals surface area contributed by atoms with Crippen molar-refractivity contribution in [2.75, 3.05) is 19.6 Å². The molecule has 98 valence electrons. The van der Waals surface area contributed by atoms with Gasteiger partial charge >= 0.3 is 12.1 Å². The molecule has 0 bridgehead atoms. The number of ether oxygens (including phenoxy) is 1. The summed E-state index contributed by atoms with van der Waals surface area (Å²) in [7, 11) is 0. The fourth-order valence-corrected chi connectivity index (χ4v) is 1.61. The Morgan fingerprint density at radius 3 is 2.47 bits per heavy atom. The maximum absolute atomic E-state index is 11.8. The van der Waals surface area contributed by atoms with Gasteiger partial charge in [-0.05, 0) is 27.7 Å². The van der Waals surface area contributed by atoms with Gasteiger partial charge in [-0.1, -0.05) is 0 Å². The fraction of sp³-hybridized carbons (Fsp3) is 0.818. The fourth-order valence-electron chi connectivity index (χ4n) is 1.61. The van der Waals surface area contributed by atoms with Crippen molar-refractivity contribution >= 4 is 12.1 Å². The number of nitrogens with one attached hydrogen (secondary N) is 1. The number of carboxylic acid groups (broad SMARTS) is 1. The molecule has 2 N–H and O–H groups in total. The van der Waals surface area contributed by atoms with Gasteiger partial charge in [0, 0.05) is 13.1 Å². The summed E-state index contributed by atoms with van der Waals surface area (Å²) in [4.78, 5) is 24.3. The molecule has 1 fully saturated rings. The van der Waals surface area contributed by atoms with E-state index in [0.29, 0.717) is 13.1 Å². The summed E-state index contributed by atoms with van der Waals surface area (Å²) < 4.78 is 5.22. The molecule has 17 heavy (non-hydrogen) atoms. The number of hydrogen-bond acceptors (Lipinski definition) is 4. The SMILES string of the molecule is CC(C)(C)OC(=O)N1CCN[C@](C)(C(=O)O)C1. The third kappa shape index (κ3) is 3.59. The monoisotopic (exact) mass is 244 g/mol. The van der Waals surface area contributed by atoms with Crippen LogP contribution in [-0.4, -0.2) is 52.8 Å². The second kappa shape index (κ2) is 4.52. The largest absolute Gasteiger partial charge is 0.480 e. The number of carboxylic acids is 1. The molecule has 0 spiro atoms. The summed E-state index contributed by atoms with van der Waals surface area (Å²) in [5, 5.41) is 12.0. The normalized spacial score (nSPS) is 25.5. The van der Waals surface area contributed by atoms with Gasteiger partial charge in [0.05, 0.1) is 6.54 Å². The second-order valence-corrected chi connectivity index (χ2v) is 5.47. The van der Waals surface area contributed by atoms with Crippen LogP contribution < -0.4 is 5.32 Å². The Morgan fingerprint density at radius 2 is 2.00 bits per heavy atom. The first-order chi connectivity index (χ1) is 7.64. The summed E-state index contributed by atoms with van der Waals surface area (Å²) in [6.07, 6.45) is -0.466. The lowest BCUT2D eigenvalue weighted by Gasteiger charge is -2.38. The maximum Gasteiger partial charge on any atom is 0.410 e. The van der Waals surface area contributed by atoms with Crippen molar-refractivity contribution in [2.45, 2.75) is 38.8 Å². The summed E-state index contributed by atoms with van der Waals surface area (Å²) in [6, 6.07) is 0. The molecule has 6 heteroatoms. The minimum atomic E-state index is -1.10. The molecule has 0 aromatic carbocycles. The molecular weight excluding hydrogens is 224 g/mol. The topological polar surface area (TPSA) is 78.9 Å². The molecular formula is C11H20N2O4. The van der Waals surface area contributed by atoms with Gasteiger partial charge in [0.15, 0.2) is 0 Å². The summed E-state index contributed by atoms with van der Waals surface area (Å²) in [5.74, 6) is -0.967. The van der Waals surface area contributed by atoms with E-state index in [4.69, 9.17) is 9.84 Å². The Balaban J connectivity index is 2.67. The van der Waals surface area contributed by atoms with Gasteiger partial charge in [-0.15, -0.1) is 0 Å². The van der Waals surface area contributed by atoms with E-state index in [2.05, 4.69) is 5.32 Å². The van der Waals surface area contributed by atoms with Crippen LogP contribution in [0.3, 0.4) is 0 Å². The molecule has 1 aliphatic heterocycles. The Morgan fingerprint density at radius 1 is 1.41 bits per heavy atom. The Hall–Kier alpha value is -1.30. The number of aliphatic carboxylic acids is 1. The van der Waals surface area contributed by atoms with Crippen molar-refractivity contribution in [3.05, 3.63) is 0 Å². The van der Waals surface area contributed by atoms with Crippen LogP contribution in [0.25, 0.3) is 0 Å². The maximum atomic E-state index is 11.8. The molecule has 0 unspecified atom stereocenters.